The van der Waals surface area contributed by atoms with Crippen LogP contribution in [0.3, 0.4) is 0 Å². The molecule has 0 aliphatic heterocycles. The fraction of sp³-hybridized carbons (Fsp3) is 0. The molecule has 6 aromatic heterocycles. The summed E-state index contributed by atoms with van der Waals surface area (Å²) in [6.45, 7) is 0. The van der Waals surface area contributed by atoms with Gasteiger partial charge in [0, 0.05) is 93.9 Å². The largest absolute Gasteiger partial charge is 0.308 e. The average molecular weight is 1480 g/mol. The van der Waals surface area contributed by atoms with Crippen molar-refractivity contribution in [1.82, 2.24) is 68.9 Å². The van der Waals surface area contributed by atoms with Crippen molar-refractivity contribution >= 4 is 43.6 Å². The fourth-order valence-electron chi connectivity index (χ4n) is 14.9. The molecule has 0 fully saturated rings. The highest BCUT2D eigenvalue weighted by Crippen LogP contribution is 2.45. The Morgan fingerprint density at radius 1 is 0.209 bits per heavy atom. The van der Waals surface area contributed by atoms with Gasteiger partial charge in [0.2, 0.25) is 0 Å². The minimum Gasteiger partial charge on any atom is -0.308 e. The number of fused-ring (bicyclic) bond motifs is 6. The molecule has 14 aromatic carbocycles. The second kappa shape index (κ2) is 28.9. The number of nitrogens with zero attached hydrogens (tertiary/aromatic N) is 16. The molecule has 0 spiro atoms. The Morgan fingerprint density at radius 3 is 0.626 bits per heavy atom. The van der Waals surface area contributed by atoms with Gasteiger partial charge in [-0.1, -0.05) is 249 Å². The molecule has 0 aliphatic carbocycles. The first-order valence-electron chi connectivity index (χ1n) is 37.2. The third-order valence-corrected chi connectivity index (χ3v) is 20.5. The monoisotopic (exact) mass is 1480 g/mol. The first-order valence-corrected chi connectivity index (χ1v) is 37.2. The van der Waals surface area contributed by atoms with E-state index in [1.54, 1.807) is 12.1 Å². The van der Waals surface area contributed by atoms with Crippen molar-refractivity contribution < 1.29 is 4.39 Å². The molecule has 115 heavy (non-hydrogen) atoms. The van der Waals surface area contributed by atoms with Crippen LogP contribution in [0.5, 0.6) is 0 Å². The predicted molar refractivity (Wildman–Crippen MR) is 449 cm³/mol. The first kappa shape index (κ1) is 67.9. The number of benzene rings is 14. The van der Waals surface area contributed by atoms with Crippen molar-refractivity contribution in [2.45, 2.75) is 0 Å². The van der Waals surface area contributed by atoms with Crippen molar-refractivity contribution in [3.05, 3.63) is 363 Å². The van der Waals surface area contributed by atoms with Crippen LogP contribution >= 0.6 is 0 Å². The second-order valence-electron chi connectivity index (χ2n) is 27.6. The van der Waals surface area contributed by atoms with Crippen LogP contribution in [0, 0.1) is 28.5 Å². The van der Waals surface area contributed by atoms with Crippen molar-refractivity contribution in [3.63, 3.8) is 0 Å². The highest BCUT2D eigenvalue weighted by atomic mass is 19.1. The number of halogens is 1. The molecule has 20 aromatic rings. The summed E-state index contributed by atoms with van der Waals surface area (Å²) in [7, 11) is 0. The molecular weight excluding hydrogens is 1420 g/mol. The summed E-state index contributed by atoms with van der Waals surface area (Å²) < 4.78 is 21.6. The van der Waals surface area contributed by atoms with Crippen LogP contribution in [0.4, 0.5) is 4.39 Å². The molecule has 0 unspecified atom stereocenters. The molecule has 0 aliphatic rings. The average Bonchev–Trinajstić information content (AvgIpc) is 1.57. The number of hydrogen-bond donors (Lipinski definition) is 0. The van der Waals surface area contributed by atoms with Gasteiger partial charge in [-0.15, -0.1) is 0 Å². The molecule has 0 saturated heterocycles. The molecule has 0 saturated carbocycles. The zero-order valence-electron chi connectivity index (χ0n) is 60.9. The standard InChI is InChI=1S/C98H57FN16/c99-80-51-60(58-100)41-46-74(80)73-56-85(114-81-47-42-69(95-106-87(61-25-9-1-10-26-61)102-88(107-95)62-27-11-2-12-28-62)52-75(81)76-53-70(43-48-82(76)114)96-108-89(63-29-13-3-14-30-63)103-90(109-96)64-31-15-4-16-32-64)79(59-101)86(57-73)115-83-49-44-71(97-110-91(65-33-17-5-18-34-65)104-92(111-97)66-35-19-6-20-36-66)54-77(83)78-55-72(45-50-84(78)115)98-112-93(67-37-21-7-22-38-67)105-94(113-98)68-39-23-8-24-40-68/h1-57H. The number of nitriles is 2. The van der Waals surface area contributed by atoms with Crippen molar-refractivity contribution in [2.75, 3.05) is 0 Å². The maximum atomic E-state index is 17.5. The van der Waals surface area contributed by atoms with E-state index in [4.69, 9.17) is 59.8 Å². The Kier molecular flexibility index (Phi) is 17.1. The molecular formula is C98H57FN16. The summed E-state index contributed by atoms with van der Waals surface area (Å²) in [5, 5.41) is 25.8. The van der Waals surface area contributed by atoms with Crippen molar-refractivity contribution in [1.29, 1.82) is 10.5 Å². The zero-order chi connectivity index (χ0) is 76.9. The van der Waals surface area contributed by atoms with Gasteiger partial charge in [-0.2, -0.15) is 10.5 Å². The van der Waals surface area contributed by atoms with Gasteiger partial charge in [0.05, 0.1) is 45.1 Å². The third-order valence-electron chi connectivity index (χ3n) is 20.5. The summed E-state index contributed by atoms with van der Waals surface area (Å²) in [6.07, 6.45) is 0. The van der Waals surface area contributed by atoms with E-state index in [1.807, 2.05) is 303 Å². The second-order valence-corrected chi connectivity index (χ2v) is 27.6. The maximum Gasteiger partial charge on any atom is 0.164 e. The Hall–Kier alpha value is -16.4. The molecule has 536 valence electrons. The van der Waals surface area contributed by atoms with Crippen LogP contribution in [-0.4, -0.2) is 68.9 Å². The molecule has 0 N–H and O–H groups in total. The summed E-state index contributed by atoms with van der Waals surface area (Å²) in [4.78, 5) is 61.9. The van der Waals surface area contributed by atoms with Gasteiger partial charge < -0.3 is 9.13 Å². The molecule has 20 rings (SSSR count). The number of aromatic nitrogens is 14. The van der Waals surface area contributed by atoms with E-state index in [9.17, 15) is 10.5 Å². The van der Waals surface area contributed by atoms with Gasteiger partial charge >= 0.3 is 0 Å². The van der Waals surface area contributed by atoms with E-state index in [-0.39, 0.29) is 16.7 Å². The lowest BCUT2D eigenvalue weighted by molar-refractivity contribution is 0.631. The normalized spacial score (nSPS) is 11.3. The highest BCUT2D eigenvalue weighted by Gasteiger charge is 2.28. The molecule has 0 amide bonds. The van der Waals surface area contributed by atoms with E-state index < -0.39 is 5.82 Å². The van der Waals surface area contributed by atoms with E-state index in [1.165, 1.54) is 6.07 Å². The van der Waals surface area contributed by atoms with Gasteiger partial charge in [0.25, 0.3) is 0 Å². The van der Waals surface area contributed by atoms with Crippen molar-refractivity contribution in [2.24, 2.45) is 0 Å². The summed E-state index contributed by atoms with van der Waals surface area (Å²) in [6, 6.07) is 116. The Labute approximate surface area is 657 Å². The number of hydrogen-bond acceptors (Lipinski definition) is 14. The molecule has 0 atom stereocenters. The smallest absolute Gasteiger partial charge is 0.164 e. The minimum atomic E-state index is -0.637. The lowest BCUT2D eigenvalue weighted by Crippen LogP contribution is -2.06. The lowest BCUT2D eigenvalue weighted by atomic mass is 9.98. The zero-order valence-corrected chi connectivity index (χ0v) is 60.9. The minimum absolute atomic E-state index is 0.142. The van der Waals surface area contributed by atoms with Crippen LogP contribution in [0.25, 0.3) is 203 Å². The van der Waals surface area contributed by atoms with E-state index in [0.717, 1.165) is 66.1 Å². The van der Waals surface area contributed by atoms with E-state index >= 15 is 4.39 Å². The molecule has 0 bridgehead atoms. The Balaban J connectivity index is 0.861. The molecule has 17 heteroatoms. The lowest BCUT2D eigenvalue weighted by Gasteiger charge is -2.19. The maximum absolute atomic E-state index is 17.5. The van der Waals surface area contributed by atoms with Crippen LogP contribution in [0.15, 0.2) is 346 Å². The topological polar surface area (TPSA) is 212 Å². The van der Waals surface area contributed by atoms with Crippen LogP contribution in [-0.2, 0) is 0 Å². The van der Waals surface area contributed by atoms with E-state index in [0.29, 0.717) is 131 Å². The van der Waals surface area contributed by atoms with Crippen LogP contribution in [0.2, 0.25) is 0 Å². The first-order chi connectivity index (χ1) is 56.8. The van der Waals surface area contributed by atoms with Gasteiger partial charge in [0.15, 0.2) is 69.9 Å². The summed E-state index contributed by atoms with van der Waals surface area (Å²) >= 11 is 0. The Bertz CT molecular complexity index is 6290. The van der Waals surface area contributed by atoms with Gasteiger partial charge in [-0.25, -0.2) is 64.2 Å². The van der Waals surface area contributed by atoms with Crippen LogP contribution < -0.4 is 0 Å². The third kappa shape index (κ3) is 12.7. The quantitative estimate of drug-likeness (QED) is 0.0934. The summed E-state index contributed by atoms with van der Waals surface area (Å²) in [5.41, 5.74) is 13.7. The van der Waals surface area contributed by atoms with E-state index in [2.05, 4.69) is 45.5 Å². The number of rotatable bonds is 15. The molecule has 6 heterocycles. The SMILES string of the molecule is N#Cc1ccc(-c2cc(-n3c4ccc(-c5nc(-c6ccccc6)nc(-c6ccccc6)n5)cc4c4cc(-c5nc(-c6ccccc6)nc(-c6ccccc6)n5)ccc43)c(C#N)c(-n3c4ccc(-c5nc(-c6ccccc6)nc(-c6ccccc6)n5)cc4c4cc(-c5nc(-c6ccccc6)nc(-c6ccccc6)n5)ccc43)c2)c(F)c1. The van der Waals surface area contributed by atoms with Gasteiger partial charge in [-0.05, 0) is 103 Å². The van der Waals surface area contributed by atoms with Gasteiger partial charge in [0.1, 0.15) is 17.4 Å². The fourth-order valence-corrected chi connectivity index (χ4v) is 14.9. The van der Waals surface area contributed by atoms with Crippen molar-refractivity contribution in [3.8, 4) is 171 Å². The predicted octanol–water partition coefficient (Wildman–Crippen LogP) is 22.2. The van der Waals surface area contributed by atoms with Crippen LogP contribution in [0.1, 0.15) is 11.1 Å². The van der Waals surface area contributed by atoms with Gasteiger partial charge in [-0.3, -0.25) is 0 Å². The highest BCUT2D eigenvalue weighted by molar-refractivity contribution is 6.14. The molecule has 16 nitrogen and oxygen atoms in total. The Morgan fingerprint density at radius 2 is 0.426 bits per heavy atom. The molecule has 0 radical (unpaired) electrons. The summed E-state index contributed by atoms with van der Waals surface area (Å²) in [5.74, 6) is 4.97.